The number of fused-ring (bicyclic) bond motifs is 1. The van der Waals surface area contributed by atoms with Crippen LogP contribution < -0.4 is 14.8 Å². The molecule has 1 aromatic heterocycles. The minimum absolute atomic E-state index is 0.277. The molecule has 2 aromatic rings. The van der Waals surface area contributed by atoms with Crippen LogP contribution in [0.15, 0.2) is 30.6 Å². The Bertz CT molecular complexity index is 698. The van der Waals surface area contributed by atoms with Crippen molar-refractivity contribution in [2.75, 3.05) is 34.4 Å². The molecule has 25 heavy (non-hydrogen) atoms. The number of ether oxygens (including phenoxy) is 2. The van der Waals surface area contributed by atoms with Gasteiger partial charge in [-0.2, -0.15) is 5.10 Å². The normalized spacial score (nSPS) is 18.4. The fourth-order valence-corrected chi connectivity index (χ4v) is 3.36. The lowest BCUT2D eigenvalue weighted by Crippen LogP contribution is -2.33. The Morgan fingerprint density at radius 1 is 1.44 bits per heavy atom. The first kappa shape index (κ1) is 17.8. The van der Waals surface area contributed by atoms with Crippen molar-refractivity contribution >= 4 is 0 Å². The summed E-state index contributed by atoms with van der Waals surface area (Å²) in [6.07, 6.45) is 6.13. The van der Waals surface area contributed by atoms with Gasteiger partial charge in [-0.1, -0.05) is 6.07 Å². The van der Waals surface area contributed by atoms with E-state index in [0.29, 0.717) is 0 Å². The first-order valence-corrected chi connectivity index (χ1v) is 8.77. The second kappa shape index (κ2) is 7.89. The zero-order valence-electron chi connectivity index (χ0n) is 15.5. The van der Waals surface area contributed by atoms with Crippen molar-refractivity contribution in [3.63, 3.8) is 0 Å². The van der Waals surface area contributed by atoms with Crippen LogP contribution in [-0.4, -0.2) is 49.0 Å². The van der Waals surface area contributed by atoms with E-state index in [-0.39, 0.29) is 12.1 Å². The smallest absolute Gasteiger partial charge is 0.127 e. The summed E-state index contributed by atoms with van der Waals surface area (Å²) in [5, 5.41) is 8.06. The average Bonchev–Trinajstić information content (AvgIpc) is 2.91. The molecule has 0 spiro atoms. The summed E-state index contributed by atoms with van der Waals surface area (Å²) in [5.74, 6) is 1.76. The summed E-state index contributed by atoms with van der Waals surface area (Å²) in [6, 6.07) is 6.67. The number of aromatic nitrogens is 2. The number of methoxy groups -OCH3 is 1. The Kier molecular flexibility index (Phi) is 5.60. The van der Waals surface area contributed by atoms with Crippen LogP contribution >= 0.6 is 0 Å². The maximum atomic E-state index is 5.92. The summed E-state index contributed by atoms with van der Waals surface area (Å²) >= 11 is 0. The molecule has 136 valence electrons. The number of rotatable bonds is 6. The third-order valence-electron chi connectivity index (χ3n) is 4.78. The highest BCUT2D eigenvalue weighted by Crippen LogP contribution is 2.34. The number of nitrogens with zero attached hydrogens (tertiary/aromatic N) is 3. The Morgan fingerprint density at radius 3 is 2.96 bits per heavy atom. The first-order valence-electron chi connectivity index (χ1n) is 8.77. The van der Waals surface area contributed by atoms with Gasteiger partial charge in [0.15, 0.2) is 0 Å². The van der Waals surface area contributed by atoms with E-state index in [2.05, 4.69) is 41.7 Å². The minimum Gasteiger partial charge on any atom is -0.497 e. The van der Waals surface area contributed by atoms with E-state index in [9.17, 15) is 0 Å². The average molecular weight is 344 g/mol. The number of hydrogen-bond acceptors (Lipinski definition) is 5. The lowest BCUT2D eigenvalue weighted by Gasteiger charge is -2.27. The summed E-state index contributed by atoms with van der Waals surface area (Å²) in [6.45, 7) is 1.60. The van der Waals surface area contributed by atoms with E-state index in [4.69, 9.17) is 9.47 Å². The van der Waals surface area contributed by atoms with Gasteiger partial charge in [0.2, 0.25) is 0 Å². The highest BCUT2D eigenvalue weighted by atomic mass is 16.5. The van der Waals surface area contributed by atoms with Crippen LogP contribution in [0.3, 0.4) is 0 Å². The van der Waals surface area contributed by atoms with E-state index < -0.39 is 0 Å². The lowest BCUT2D eigenvalue weighted by molar-refractivity contribution is 0.276. The highest BCUT2D eigenvalue weighted by Gasteiger charge is 2.23. The molecule has 6 nitrogen and oxygen atoms in total. The van der Waals surface area contributed by atoms with Gasteiger partial charge in [-0.3, -0.25) is 4.68 Å². The molecular weight excluding hydrogens is 316 g/mol. The van der Waals surface area contributed by atoms with Gasteiger partial charge in [-0.15, -0.1) is 0 Å². The van der Waals surface area contributed by atoms with Crippen molar-refractivity contribution in [1.82, 2.24) is 20.0 Å². The van der Waals surface area contributed by atoms with Crippen LogP contribution in [0.1, 0.15) is 36.1 Å². The predicted octanol–water partition coefficient (Wildman–Crippen LogP) is 2.53. The topological polar surface area (TPSA) is 51.6 Å². The number of nitrogens with one attached hydrogen (secondary N) is 1. The Morgan fingerprint density at radius 2 is 2.28 bits per heavy atom. The third kappa shape index (κ3) is 4.14. The SMILES string of the molecule is COc1ccc2c(c1)OCCC[C@H]2NC[C@@H](c1cnn(C)c1)N(C)C. The third-order valence-corrected chi connectivity index (χ3v) is 4.78. The van der Waals surface area contributed by atoms with Crippen LogP contribution in [0.2, 0.25) is 0 Å². The van der Waals surface area contributed by atoms with Gasteiger partial charge in [0.25, 0.3) is 0 Å². The quantitative estimate of drug-likeness (QED) is 0.873. The van der Waals surface area contributed by atoms with Crippen LogP contribution in [0, 0.1) is 0 Å². The largest absolute Gasteiger partial charge is 0.497 e. The predicted molar refractivity (Wildman–Crippen MR) is 98.1 cm³/mol. The standard InChI is InChI=1S/C19H28N4O2/c1-22(2)18(14-11-21-23(3)13-14)12-20-17-6-5-9-25-19-10-15(24-4)7-8-16(17)19/h7-8,10-11,13,17-18,20H,5-6,9,12H2,1-4H3/t17-,18+/m1/s1. The molecule has 6 heteroatoms. The van der Waals surface area contributed by atoms with Gasteiger partial charge in [0.1, 0.15) is 11.5 Å². The lowest BCUT2D eigenvalue weighted by atomic mass is 10.0. The van der Waals surface area contributed by atoms with Crippen molar-refractivity contribution in [2.45, 2.75) is 24.9 Å². The second-order valence-corrected chi connectivity index (χ2v) is 6.78. The van der Waals surface area contributed by atoms with Gasteiger partial charge in [-0.05, 0) is 33.0 Å². The molecule has 0 aliphatic carbocycles. The fraction of sp³-hybridized carbons (Fsp3) is 0.526. The molecule has 3 rings (SSSR count). The molecule has 0 fully saturated rings. The molecule has 0 amide bonds. The van der Waals surface area contributed by atoms with Gasteiger partial charge >= 0.3 is 0 Å². The van der Waals surface area contributed by atoms with Crippen LogP contribution in [0.4, 0.5) is 0 Å². The van der Waals surface area contributed by atoms with Crippen molar-refractivity contribution in [2.24, 2.45) is 7.05 Å². The Hall–Kier alpha value is -2.05. The van der Waals surface area contributed by atoms with E-state index in [1.807, 2.05) is 30.1 Å². The number of benzene rings is 1. The van der Waals surface area contributed by atoms with Gasteiger partial charge in [0, 0.05) is 49.1 Å². The van der Waals surface area contributed by atoms with Crippen LogP contribution in [-0.2, 0) is 7.05 Å². The molecule has 0 bridgehead atoms. The minimum atomic E-state index is 0.277. The summed E-state index contributed by atoms with van der Waals surface area (Å²) in [7, 11) is 7.85. The molecule has 2 atom stereocenters. The molecule has 1 N–H and O–H groups in total. The molecule has 1 aliphatic heterocycles. The summed E-state index contributed by atoms with van der Waals surface area (Å²) in [4.78, 5) is 2.23. The van der Waals surface area contributed by atoms with Crippen LogP contribution in [0.5, 0.6) is 11.5 Å². The molecule has 0 saturated heterocycles. The molecule has 0 unspecified atom stereocenters. The number of likely N-dealkylation sites (N-methyl/N-ethyl adjacent to an activating group) is 1. The maximum absolute atomic E-state index is 5.92. The maximum Gasteiger partial charge on any atom is 0.127 e. The molecular formula is C19H28N4O2. The van der Waals surface area contributed by atoms with E-state index in [0.717, 1.165) is 37.5 Å². The van der Waals surface area contributed by atoms with Gasteiger partial charge in [-0.25, -0.2) is 0 Å². The van der Waals surface area contributed by atoms with E-state index in [1.165, 1.54) is 11.1 Å². The molecule has 2 heterocycles. The van der Waals surface area contributed by atoms with Crippen molar-refractivity contribution in [3.05, 3.63) is 41.7 Å². The number of hydrogen-bond donors (Lipinski definition) is 1. The van der Waals surface area contributed by atoms with Crippen LogP contribution in [0.25, 0.3) is 0 Å². The van der Waals surface area contributed by atoms with Crippen molar-refractivity contribution in [3.8, 4) is 11.5 Å². The molecule has 0 saturated carbocycles. The monoisotopic (exact) mass is 344 g/mol. The van der Waals surface area contributed by atoms with Gasteiger partial charge in [0.05, 0.1) is 19.9 Å². The zero-order chi connectivity index (χ0) is 17.8. The highest BCUT2D eigenvalue weighted by molar-refractivity contribution is 5.43. The van der Waals surface area contributed by atoms with E-state index >= 15 is 0 Å². The number of aryl methyl sites for hydroxylation is 1. The summed E-state index contributed by atoms with van der Waals surface area (Å²) < 4.78 is 13.1. The fourth-order valence-electron chi connectivity index (χ4n) is 3.36. The molecule has 1 aliphatic rings. The zero-order valence-corrected chi connectivity index (χ0v) is 15.5. The Labute approximate surface area is 149 Å². The molecule has 0 radical (unpaired) electrons. The molecule has 1 aromatic carbocycles. The Balaban J connectivity index is 1.75. The first-order chi connectivity index (χ1) is 12.1. The van der Waals surface area contributed by atoms with Gasteiger partial charge < -0.3 is 19.7 Å². The second-order valence-electron chi connectivity index (χ2n) is 6.78. The summed E-state index contributed by atoms with van der Waals surface area (Å²) in [5.41, 5.74) is 2.43. The van der Waals surface area contributed by atoms with Crippen molar-refractivity contribution in [1.29, 1.82) is 0 Å². The van der Waals surface area contributed by atoms with E-state index in [1.54, 1.807) is 7.11 Å². The van der Waals surface area contributed by atoms with Crippen molar-refractivity contribution < 1.29 is 9.47 Å².